The van der Waals surface area contributed by atoms with E-state index in [0.717, 1.165) is 12.8 Å². The Labute approximate surface area is 151 Å². The fraction of sp³-hybridized carbons (Fsp3) is 0.353. The van der Waals surface area contributed by atoms with Gasteiger partial charge < -0.3 is 20.5 Å². The quantitative estimate of drug-likeness (QED) is 0.780. The van der Waals surface area contributed by atoms with Gasteiger partial charge in [0.2, 0.25) is 12.7 Å². The molecule has 1 aromatic carbocycles. The second kappa shape index (κ2) is 7.77. The maximum absolute atomic E-state index is 12.1. The van der Waals surface area contributed by atoms with E-state index in [0.29, 0.717) is 29.3 Å². The van der Waals surface area contributed by atoms with Crippen molar-refractivity contribution < 1.29 is 14.3 Å². The van der Waals surface area contributed by atoms with Gasteiger partial charge in [0, 0.05) is 28.3 Å². The number of fused-ring (bicyclic) bond motifs is 1. The number of nitrogens with one attached hydrogen (secondary N) is 1. The van der Waals surface area contributed by atoms with Gasteiger partial charge in [-0.2, -0.15) is 0 Å². The molecule has 0 spiro atoms. The molecule has 0 fully saturated rings. The molecule has 1 aromatic heterocycles. The van der Waals surface area contributed by atoms with Gasteiger partial charge in [0.1, 0.15) is 0 Å². The Bertz CT molecular complexity index is 746. The second-order valence-corrected chi connectivity index (χ2v) is 7.09. The lowest BCUT2D eigenvalue weighted by molar-refractivity contribution is -0.116. The monoisotopic (exact) mass is 368 g/mol. The number of carbonyl (C=O) groups is 1. The molecule has 1 amide bonds. The maximum atomic E-state index is 12.1. The smallest absolute Gasteiger partial charge is 0.231 e. The van der Waals surface area contributed by atoms with Crippen LogP contribution in [0.4, 0.5) is 11.4 Å². The van der Waals surface area contributed by atoms with Gasteiger partial charge in [0.25, 0.3) is 0 Å². The van der Waals surface area contributed by atoms with Crippen LogP contribution in [0.3, 0.4) is 0 Å². The highest BCUT2D eigenvalue weighted by atomic mass is 35.5. The zero-order valence-corrected chi connectivity index (χ0v) is 15.3. The van der Waals surface area contributed by atoms with E-state index in [1.54, 1.807) is 23.5 Å². The summed E-state index contributed by atoms with van der Waals surface area (Å²) in [4.78, 5) is 14.8. The van der Waals surface area contributed by atoms with Crippen LogP contribution in [0.25, 0.3) is 0 Å². The molecule has 0 radical (unpaired) electrons. The number of anilines is 2. The first-order valence-electron chi connectivity index (χ1n) is 7.58. The van der Waals surface area contributed by atoms with Crippen molar-refractivity contribution >= 4 is 41.0 Å². The number of hydrogen-bond donors (Lipinski definition) is 2. The summed E-state index contributed by atoms with van der Waals surface area (Å²) in [6, 6.07) is 5.59. The number of carbonyl (C=O) groups excluding carboxylic acids is 1. The van der Waals surface area contributed by atoms with E-state index in [2.05, 4.69) is 25.2 Å². The average Bonchev–Trinajstić information content (AvgIpc) is 3.05. The van der Waals surface area contributed by atoms with Crippen molar-refractivity contribution in [3.05, 3.63) is 33.5 Å². The molecular formula is C17H21ClN2O3S. The second-order valence-electron chi connectivity index (χ2n) is 5.63. The van der Waals surface area contributed by atoms with Crippen LogP contribution in [0, 0.1) is 13.8 Å². The van der Waals surface area contributed by atoms with Crippen molar-refractivity contribution in [1.82, 2.24) is 0 Å². The molecule has 7 heteroatoms. The highest BCUT2D eigenvalue weighted by Crippen LogP contribution is 2.38. The Morgan fingerprint density at radius 1 is 1.25 bits per heavy atom. The van der Waals surface area contributed by atoms with E-state index in [-0.39, 0.29) is 25.1 Å². The molecule has 2 heterocycles. The van der Waals surface area contributed by atoms with E-state index >= 15 is 0 Å². The summed E-state index contributed by atoms with van der Waals surface area (Å²) < 4.78 is 10.6. The standard InChI is InChI=1S/C17H20N2O3S.ClH/c1-10-6-12(11(2)23-10)4-3-5-17(20)19-14-8-16-15(7-13(14)18)21-9-22-16;/h6-8H,3-5,9,18H2,1-2H3,(H,19,20);1H. The number of thiophene rings is 1. The third-order valence-corrected chi connectivity index (χ3v) is 4.82. The minimum absolute atomic E-state index is 0. The van der Waals surface area contributed by atoms with Crippen LogP contribution < -0.4 is 20.5 Å². The van der Waals surface area contributed by atoms with E-state index in [9.17, 15) is 4.79 Å². The molecule has 0 unspecified atom stereocenters. The van der Waals surface area contributed by atoms with Crippen molar-refractivity contribution in [3.8, 4) is 11.5 Å². The molecule has 0 saturated heterocycles. The Morgan fingerprint density at radius 2 is 1.96 bits per heavy atom. The highest BCUT2D eigenvalue weighted by Gasteiger charge is 2.17. The summed E-state index contributed by atoms with van der Waals surface area (Å²) in [5, 5.41) is 2.85. The van der Waals surface area contributed by atoms with Crippen molar-refractivity contribution in [2.75, 3.05) is 17.8 Å². The van der Waals surface area contributed by atoms with Gasteiger partial charge in [0.05, 0.1) is 11.4 Å². The SMILES string of the molecule is Cc1cc(CCCC(=O)Nc2cc3c(cc2N)OCO3)c(C)s1.Cl. The van der Waals surface area contributed by atoms with E-state index in [4.69, 9.17) is 15.2 Å². The normalized spacial score (nSPS) is 11.9. The fourth-order valence-corrected chi connectivity index (χ4v) is 3.63. The van der Waals surface area contributed by atoms with E-state index < -0.39 is 0 Å². The molecule has 0 aliphatic carbocycles. The maximum Gasteiger partial charge on any atom is 0.231 e. The molecular weight excluding hydrogens is 348 g/mol. The number of halogens is 1. The minimum Gasteiger partial charge on any atom is -0.454 e. The number of amides is 1. The molecule has 5 nitrogen and oxygen atoms in total. The zero-order valence-electron chi connectivity index (χ0n) is 13.7. The molecule has 130 valence electrons. The first kappa shape index (κ1) is 18.4. The number of ether oxygens (including phenoxy) is 2. The molecule has 0 saturated carbocycles. The Morgan fingerprint density at radius 3 is 2.62 bits per heavy atom. The van der Waals surface area contributed by atoms with Crippen LogP contribution in [-0.4, -0.2) is 12.7 Å². The zero-order chi connectivity index (χ0) is 16.4. The van der Waals surface area contributed by atoms with Gasteiger partial charge in [-0.3, -0.25) is 4.79 Å². The van der Waals surface area contributed by atoms with Crippen LogP contribution in [0.2, 0.25) is 0 Å². The third kappa shape index (κ3) is 4.13. The van der Waals surface area contributed by atoms with Crippen LogP contribution in [0.5, 0.6) is 11.5 Å². The van der Waals surface area contributed by atoms with Gasteiger partial charge >= 0.3 is 0 Å². The van der Waals surface area contributed by atoms with Crippen molar-refractivity contribution in [2.24, 2.45) is 0 Å². The number of hydrogen-bond acceptors (Lipinski definition) is 5. The molecule has 24 heavy (non-hydrogen) atoms. The predicted octanol–water partition coefficient (Wildman–Crippen LogP) is 4.06. The molecule has 0 bridgehead atoms. The first-order valence-corrected chi connectivity index (χ1v) is 8.39. The lowest BCUT2D eigenvalue weighted by Crippen LogP contribution is -2.13. The summed E-state index contributed by atoms with van der Waals surface area (Å²) in [6.45, 7) is 4.42. The van der Waals surface area contributed by atoms with Crippen molar-refractivity contribution in [2.45, 2.75) is 33.1 Å². The first-order chi connectivity index (χ1) is 11.0. The third-order valence-electron chi connectivity index (χ3n) is 3.81. The van der Waals surface area contributed by atoms with Crippen LogP contribution in [-0.2, 0) is 11.2 Å². The summed E-state index contributed by atoms with van der Waals surface area (Å²) in [6.07, 6.45) is 2.19. The summed E-state index contributed by atoms with van der Waals surface area (Å²) in [5.41, 5.74) is 8.32. The molecule has 0 atom stereocenters. The molecule has 3 N–H and O–H groups in total. The van der Waals surface area contributed by atoms with Gasteiger partial charge in [0.15, 0.2) is 11.5 Å². The van der Waals surface area contributed by atoms with Gasteiger partial charge in [-0.15, -0.1) is 23.7 Å². The van der Waals surface area contributed by atoms with Gasteiger partial charge in [-0.25, -0.2) is 0 Å². The lowest BCUT2D eigenvalue weighted by atomic mass is 10.1. The van der Waals surface area contributed by atoms with Gasteiger partial charge in [-0.1, -0.05) is 0 Å². The summed E-state index contributed by atoms with van der Waals surface area (Å²) in [5.74, 6) is 1.18. The van der Waals surface area contributed by atoms with Crippen molar-refractivity contribution in [3.63, 3.8) is 0 Å². The molecule has 3 rings (SSSR count). The largest absolute Gasteiger partial charge is 0.454 e. The molecule has 2 aromatic rings. The van der Waals surface area contributed by atoms with E-state index in [1.807, 2.05) is 0 Å². The minimum atomic E-state index is -0.0415. The number of benzene rings is 1. The van der Waals surface area contributed by atoms with Crippen molar-refractivity contribution in [1.29, 1.82) is 0 Å². The van der Waals surface area contributed by atoms with Gasteiger partial charge in [-0.05, 0) is 38.3 Å². The lowest BCUT2D eigenvalue weighted by Gasteiger charge is -2.09. The number of nitrogens with two attached hydrogens (primary N) is 1. The molecule has 1 aliphatic heterocycles. The van der Waals surface area contributed by atoms with Crippen LogP contribution >= 0.6 is 23.7 Å². The van der Waals surface area contributed by atoms with Crippen LogP contribution in [0.1, 0.15) is 28.2 Å². The average molecular weight is 369 g/mol. The highest BCUT2D eigenvalue weighted by molar-refractivity contribution is 7.12. The Kier molecular flexibility index (Phi) is 5.96. The predicted molar refractivity (Wildman–Crippen MR) is 99.6 cm³/mol. The number of aryl methyl sites for hydroxylation is 3. The Balaban J connectivity index is 0.00000208. The van der Waals surface area contributed by atoms with E-state index in [1.165, 1.54) is 15.3 Å². The summed E-state index contributed by atoms with van der Waals surface area (Å²) >= 11 is 1.80. The number of nitrogen functional groups attached to an aromatic ring is 1. The Hall–Kier alpha value is -1.92. The fourth-order valence-electron chi connectivity index (χ4n) is 2.65. The molecule has 1 aliphatic rings. The topological polar surface area (TPSA) is 73.6 Å². The van der Waals surface area contributed by atoms with Crippen LogP contribution in [0.15, 0.2) is 18.2 Å². The number of rotatable bonds is 5. The summed E-state index contributed by atoms with van der Waals surface area (Å²) in [7, 11) is 0.